The molecule has 35 heavy (non-hydrogen) atoms. The number of nitro groups is 1. The molecular weight excluding hydrogens is 504 g/mol. The van der Waals surface area contributed by atoms with E-state index in [4.69, 9.17) is 27.9 Å². The first kappa shape index (κ1) is 26.1. The number of hydrogen-bond donors (Lipinski definition) is 1. The lowest BCUT2D eigenvalue weighted by Gasteiger charge is -2.23. The summed E-state index contributed by atoms with van der Waals surface area (Å²) >= 11 is 11.4. The fourth-order valence-corrected chi connectivity index (χ4v) is 3.49. The lowest BCUT2D eigenvalue weighted by molar-refractivity contribution is -0.485. The largest absolute Gasteiger partial charge is 0.456 e. The quantitative estimate of drug-likeness (QED) is 0.239. The van der Waals surface area contributed by atoms with E-state index in [0.29, 0.717) is 42.2 Å². The summed E-state index contributed by atoms with van der Waals surface area (Å²) in [6, 6.07) is 7.01. The number of carbonyl (C=O) groups excluding carboxylic acids is 1. The van der Waals surface area contributed by atoms with Gasteiger partial charge < -0.3 is 19.9 Å². The first-order chi connectivity index (χ1) is 16.8. The average Bonchev–Trinajstić information content (AvgIpc) is 3.45. The minimum atomic E-state index is -0.708. The van der Waals surface area contributed by atoms with E-state index in [-0.39, 0.29) is 25.1 Å². The van der Waals surface area contributed by atoms with E-state index in [1.807, 2.05) is 12.1 Å². The molecule has 0 atom stereocenters. The molecule has 1 fully saturated rings. The van der Waals surface area contributed by atoms with Gasteiger partial charge in [0.05, 0.1) is 5.70 Å². The molecule has 0 unspecified atom stereocenters. The van der Waals surface area contributed by atoms with E-state index in [2.05, 4.69) is 20.4 Å². The van der Waals surface area contributed by atoms with E-state index < -0.39 is 11.7 Å². The number of alkyl halides is 1. The van der Waals surface area contributed by atoms with Crippen molar-refractivity contribution in [3.05, 3.63) is 80.0 Å². The van der Waals surface area contributed by atoms with Gasteiger partial charge in [-0.2, -0.15) is 0 Å². The van der Waals surface area contributed by atoms with Crippen molar-refractivity contribution in [2.75, 3.05) is 32.9 Å². The van der Waals surface area contributed by atoms with E-state index in [0.717, 1.165) is 11.1 Å². The van der Waals surface area contributed by atoms with Gasteiger partial charge >= 0.3 is 5.97 Å². The molecule has 1 saturated heterocycles. The first-order valence-corrected chi connectivity index (χ1v) is 11.2. The van der Waals surface area contributed by atoms with Crippen LogP contribution in [0.2, 0.25) is 10.3 Å². The molecule has 2 aromatic heterocycles. The van der Waals surface area contributed by atoms with Crippen molar-refractivity contribution in [2.24, 2.45) is 5.10 Å². The Kier molecular flexibility index (Phi) is 9.56. The zero-order chi connectivity index (χ0) is 25.2. The summed E-state index contributed by atoms with van der Waals surface area (Å²) in [6.45, 7) is 2.22. The number of ether oxygens (including phenoxy) is 1. The van der Waals surface area contributed by atoms with Gasteiger partial charge in [0.15, 0.2) is 5.03 Å². The third-order valence-electron chi connectivity index (χ3n) is 4.87. The minimum Gasteiger partial charge on any atom is -0.456 e. The standard InChI is InChI=1S/C12H12ClFN2O2.C9H10ClN5O2/c13-11-2-1-9(6-15-11)7-16(4-3-14)10-5-12(17)18-8-10;10-8-2-1-7(5-12-8)6-14-4-3-11-9(14)13-15(16)17/h1-2,5-6H,3-4,7-8H2;1-2,5H,3-4,6H2,(H,11,13). The van der Waals surface area contributed by atoms with Crippen LogP contribution in [0.1, 0.15) is 11.1 Å². The van der Waals surface area contributed by atoms with Gasteiger partial charge in [0.2, 0.25) is 0 Å². The zero-order valence-corrected chi connectivity index (χ0v) is 20.0. The monoisotopic (exact) mass is 525 g/mol. The summed E-state index contributed by atoms with van der Waals surface area (Å²) in [5.41, 5.74) is 2.51. The smallest absolute Gasteiger partial charge is 0.333 e. The third kappa shape index (κ3) is 8.34. The highest BCUT2D eigenvalue weighted by atomic mass is 35.5. The zero-order valence-electron chi connectivity index (χ0n) is 18.4. The molecule has 2 aliphatic rings. The van der Waals surface area contributed by atoms with Crippen LogP contribution in [0.4, 0.5) is 4.39 Å². The van der Waals surface area contributed by atoms with Crippen molar-refractivity contribution in [1.29, 1.82) is 0 Å². The SMILES string of the molecule is O=C1C=C(N(CCF)Cc2ccc(Cl)nc2)CO1.O=[N+]([O-])/N=C1\NCCN1Cc1ccc(Cl)nc1. The van der Waals surface area contributed by atoms with Gasteiger partial charge in [-0.25, -0.2) is 29.3 Å². The van der Waals surface area contributed by atoms with Crippen molar-refractivity contribution < 1.29 is 19.0 Å². The van der Waals surface area contributed by atoms with Crippen LogP contribution in [-0.2, 0) is 22.6 Å². The van der Waals surface area contributed by atoms with Gasteiger partial charge in [0.25, 0.3) is 5.96 Å². The molecule has 14 heteroatoms. The number of nitrogens with one attached hydrogen (secondary N) is 1. The predicted molar refractivity (Wildman–Crippen MR) is 127 cm³/mol. The van der Waals surface area contributed by atoms with E-state index in [1.165, 1.54) is 6.08 Å². The normalized spacial score (nSPS) is 15.7. The predicted octanol–water partition coefficient (Wildman–Crippen LogP) is 2.64. The molecule has 2 aromatic rings. The number of guanidine groups is 1. The summed E-state index contributed by atoms with van der Waals surface area (Å²) in [5.74, 6) is -0.104. The third-order valence-corrected chi connectivity index (χ3v) is 5.32. The molecule has 4 heterocycles. The number of nitrogens with zero attached hydrogens (tertiary/aromatic N) is 6. The summed E-state index contributed by atoms with van der Waals surface area (Å²) in [7, 11) is 0. The number of halogens is 3. The number of cyclic esters (lactones) is 1. The summed E-state index contributed by atoms with van der Waals surface area (Å²) in [4.78, 5) is 32.8. The van der Waals surface area contributed by atoms with Gasteiger partial charge in [-0.1, -0.05) is 35.3 Å². The van der Waals surface area contributed by atoms with Crippen LogP contribution >= 0.6 is 23.2 Å². The van der Waals surface area contributed by atoms with Gasteiger partial charge in [-0.15, -0.1) is 0 Å². The Morgan fingerprint density at radius 3 is 2.43 bits per heavy atom. The van der Waals surface area contributed by atoms with Crippen LogP contribution in [0.5, 0.6) is 0 Å². The second-order valence-corrected chi connectivity index (χ2v) is 8.12. The maximum atomic E-state index is 12.5. The number of carbonyl (C=O) groups is 1. The lowest BCUT2D eigenvalue weighted by atomic mass is 10.2. The molecule has 0 aromatic carbocycles. The Morgan fingerprint density at radius 2 is 1.89 bits per heavy atom. The summed E-state index contributed by atoms with van der Waals surface area (Å²) in [6.07, 6.45) is 4.66. The Balaban J connectivity index is 0.000000196. The Bertz CT molecular complexity index is 1080. The second kappa shape index (κ2) is 12.8. The van der Waals surface area contributed by atoms with Crippen LogP contribution in [0.15, 0.2) is 53.5 Å². The maximum Gasteiger partial charge on any atom is 0.333 e. The molecule has 1 N–H and O–H groups in total. The number of hydrogen-bond acceptors (Lipinski definition) is 7. The maximum absolute atomic E-state index is 12.5. The minimum absolute atomic E-state index is 0.194. The van der Waals surface area contributed by atoms with Crippen LogP contribution < -0.4 is 5.32 Å². The van der Waals surface area contributed by atoms with E-state index in [9.17, 15) is 19.3 Å². The molecule has 0 bridgehead atoms. The lowest BCUT2D eigenvalue weighted by Crippen LogP contribution is -2.30. The van der Waals surface area contributed by atoms with Crippen molar-refractivity contribution >= 4 is 35.1 Å². The highest BCUT2D eigenvalue weighted by molar-refractivity contribution is 6.29. The average molecular weight is 526 g/mol. The Hall–Kier alpha value is -3.51. The van der Waals surface area contributed by atoms with Crippen molar-refractivity contribution in [3.63, 3.8) is 0 Å². The molecule has 0 spiro atoms. The number of pyridine rings is 2. The van der Waals surface area contributed by atoms with Crippen LogP contribution in [-0.4, -0.2) is 69.6 Å². The summed E-state index contributed by atoms with van der Waals surface area (Å²) in [5, 5.41) is 16.6. The number of aromatic nitrogens is 2. The number of esters is 1. The van der Waals surface area contributed by atoms with Crippen LogP contribution in [0.3, 0.4) is 0 Å². The van der Waals surface area contributed by atoms with Crippen LogP contribution in [0, 0.1) is 10.1 Å². The molecule has 11 nitrogen and oxygen atoms in total. The van der Waals surface area contributed by atoms with Gasteiger partial charge in [-0.3, -0.25) is 0 Å². The fourth-order valence-electron chi connectivity index (χ4n) is 3.26. The summed E-state index contributed by atoms with van der Waals surface area (Å²) < 4.78 is 17.3. The topological polar surface area (TPSA) is 126 Å². The molecule has 186 valence electrons. The van der Waals surface area contributed by atoms with E-state index >= 15 is 0 Å². The molecule has 2 aliphatic heterocycles. The van der Waals surface area contributed by atoms with Crippen molar-refractivity contribution in [1.82, 2.24) is 25.1 Å². The van der Waals surface area contributed by atoms with Gasteiger partial charge in [0.1, 0.15) is 28.7 Å². The molecule has 0 saturated carbocycles. The molecular formula is C21H22Cl2FN7O4. The van der Waals surface area contributed by atoms with E-state index in [1.54, 1.807) is 34.3 Å². The van der Waals surface area contributed by atoms with Crippen molar-refractivity contribution in [2.45, 2.75) is 13.1 Å². The van der Waals surface area contributed by atoms with Crippen molar-refractivity contribution in [3.8, 4) is 0 Å². The molecule has 0 radical (unpaired) electrons. The molecule has 4 rings (SSSR count). The van der Waals surface area contributed by atoms with Gasteiger partial charge in [0, 0.05) is 51.2 Å². The number of rotatable bonds is 8. The Labute approximate surface area is 210 Å². The molecule has 0 aliphatic carbocycles. The second-order valence-electron chi connectivity index (χ2n) is 7.34. The highest BCUT2D eigenvalue weighted by Crippen LogP contribution is 2.16. The highest BCUT2D eigenvalue weighted by Gasteiger charge is 2.21. The van der Waals surface area contributed by atoms with Crippen LogP contribution in [0.25, 0.3) is 0 Å². The van der Waals surface area contributed by atoms with Gasteiger partial charge in [-0.05, 0) is 23.3 Å². The number of hydrazone groups is 1. The fraction of sp³-hybridized carbons (Fsp3) is 0.333. The first-order valence-electron chi connectivity index (χ1n) is 10.4. The molecule has 0 amide bonds. The Morgan fingerprint density at radius 1 is 1.20 bits per heavy atom.